The highest BCUT2D eigenvalue weighted by molar-refractivity contribution is 14.2. The molecule has 1 heteroatoms. The second kappa shape index (κ2) is 4.42. The second-order valence-electron chi connectivity index (χ2n) is 2.58. The Labute approximate surface area is 67.8 Å². The van der Waals surface area contributed by atoms with Gasteiger partial charge in [-0.25, -0.2) is 0 Å². The average Bonchev–Trinajstić information content (AvgIpc) is 1.91. The van der Waals surface area contributed by atoms with Gasteiger partial charge < -0.3 is 0 Å². The van der Waals surface area contributed by atoms with Crippen LogP contribution in [0.3, 0.4) is 0 Å². The molecular formula is C8H15I. The molecule has 0 atom stereocenters. The molecule has 0 aromatic heterocycles. The molecule has 0 spiro atoms. The van der Waals surface area contributed by atoms with Crippen molar-refractivity contribution >= 4 is 24.7 Å². The summed E-state index contributed by atoms with van der Waals surface area (Å²) in [6.45, 7) is 2.22. The average molecular weight is 238 g/mol. The Morgan fingerprint density at radius 3 is 2.44 bits per heavy atom. The minimum Gasteiger partial charge on any atom is -0.124 e. The zero-order chi connectivity index (χ0) is 6.53. The molecule has 0 N–H and O–H groups in total. The third kappa shape index (κ3) is 2.78. The predicted molar refractivity (Wildman–Crippen MR) is 52.6 cm³/mol. The van der Waals surface area contributed by atoms with Gasteiger partial charge in [-0.05, 0) is 19.8 Å². The van der Waals surface area contributed by atoms with Crippen molar-refractivity contribution in [3.05, 3.63) is 0 Å². The van der Waals surface area contributed by atoms with E-state index < -0.39 is 0 Å². The predicted octanol–water partition coefficient (Wildman–Crippen LogP) is 3.11. The Bertz CT molecular complexity index is 90.7. The summed E-state index contributed by atoms with van der Waals surface area (Å²) in [6, 6.07) is 0. The highest BCUT2D eigenvalue weighted by Gasteiger charge is 2.09. The first-order chi connectivity index (χ1) is 4.43. The normalized spacial score (nSPS) is 24.1. The SMILES string of the molecule is CC=IC1CCCCC1. The minimum absolute atomic E-state index is 0.482. The maximum absolute atomic E-state index is 2.43. The van der Waals surface area contributed by atoms with Gasteiger partial charge in [0.15, 0.2) is 0 Å². The second-order valence-corrected chi connectivity index (χ2v) is 6.31. The van der Waals surface area contributed by atoms with Crippen LogP contribution in [0.25, 0.3) is 0 Å². The molecule has 0 radical (unpaired) electrons. The van der Waals surface area contributed by atoms with Gasteiger partial charge in [0.05, 0.1) is 0 Å². The van der Waals surface area contributed by atoms with Crippen molar-refractivity contribution in [1.29, 1.82) is 0 Å². The number of alkyl halides is 1. The first-order valence-electron chi connectivity index (χ1n) is 3.83. The van der Waals surface area contributed by atoms with Crippen molar-refractivity contribution in [2.75, 3.05) is 0 Å². The lowest BCUT2D eigenvalue weighted by Gasteiger charge is -2.16. The van der Waals surface area contributed by atoms with Gasteiger partial charge in [0.25, 0.3) is 0 Å². The molecule has 0 heterocycles. The standard InChI is InChI=1S/C8H15I/c1-2-9-8-6-4-3-5-7-8/h2,8H,3-7H2,1H3. The van der Waals surface area contributed by atoms with E-state index in [1.54, 1.807) is 0 Å². The molecule has 1 aliphatic carbocycles. The Hall–Kier alpha value is 0.600. The molecule has 0 saturated heterocycles. The zero-order valence-electron chi connectivity index (χ0n) is 6.07. The van der Waals surface area contributed by atoms with Gasteiger partial charge in [0.1, 0.15) is 0 Å². The van der Waals surface area contributed by atoms with Crippen LogP contribution >= 0.6 is 20.7 Å². The molecule has 1 saturated carbocycles. The summed E-state index contributed by atoms with van der Waals surface area (Å²) < 4.78 is 3.58. The highest BCUT2D eigenvalue weighted by Crippen LogP contribution is 2.27. The summed E-state index contributed by atoms with van der Waals surface area (Å²) in [4.78, 5) is 0. The molecule has 0 aromatic rings. The van der Waals surface area contributed by atoms with Crippen LogP contribution in [0, 0.1) is 0 Å². The molecule has 9 heavy (non-hydrogen) atoms. The summed E-state index contributed by atoms with van der Waals surface area (Å²) >= 11 is 0.482. The topological polar surface area (TPSA) is 0 Å². The van der Waals surface area contributed by atoms with E-state index in [9.17, 15) is 0 Å². The number of rotatable bonds is 1. The maximum atomic E-state index is 2.43. The van der Waals surface area contributed by atoms with Gasteiger partial charge in [0, 0.05) is 3.92 Å². The van der Waals surface area contributed by atoms with Crippen molar-refractivity contribution < 1.29 is 0 Å². The molecular weight excluding hydrogens is 223 g/mol. The minimum atomic E-state index is 0.482. The fourth-order valence-electron chi connectivity index (χ4n) is 1.36. The molecule has 54 valence electrons. The van der Waals surface area contributed by atoms with Crippen LogP contribution in [0.15, 0.2) is 0 Å². The van der Waals surface area contributed by atoms with Crippen molar-refractivity contribution in [3.63, 3.8) is 0 Å². The number of halogens is 1. The summed E-state index contributed by atoms with van der Waals surface area (Å²) in [6.07, 6.45) is 7.61. The van der Waals surface area contributed by atoms with E-state index in [4.69, 9.17) is 0 Å². The van der Waals surface area contributed by atoms with Gasteiger partial charge in [-0.2, -0.15) is 0 Å². The smallest absolute Gasteiger partial charge is 0.00592 e. The van der Waals surface area contributed by atoms with Crippen LogP contribution in [-0.2, 0) is 0 Å². The van der Waals surface area contributed by atoms with Crippen molar-refractivity contribution in [3.8, 4) is 0 Å². The molecule has 0 aliphatic heterocycles. The third-order valence-electron chi connectivity index (χ3n) is 1.84. The van der Waals surface area contributed by atoms with Crippen LogP contribution in [0.1, 0.15) is 39.0 Å². The lowest BCUT2D eigenvalue weighted by atomic mass is 10.0. The molecule has 0 unspecified atom stereocenters. The Balaban J connectivity index is 2.23. The van der Waals surface area contributed by atoms with E-state index in [-0.39, 0.29) is 0 Å². The lowest BCUT2D eigenvalue weighted by Crippen LogP contribution is -2.04. The first kappa shape index (κ1) is 7.70. The van der Waals surface area contributed by atoms with Crippen molar-refractivity contribution in [2.24, 2.45) is 0 Å². The fraction of sp³-hybridized carbons (Fsp3) is 0.875. The lowest BCUT2D eigenvalue weighted by molar-refractivity contribution is 0.528. The summed E-state index contributed by atoms with van der Waals surface area (Å²) in [5, 5.41) is 0. The van der Waals surface area contributed by atoms with Crippen molar-refractivity contribution in [1.82, 2.24) is 0 Å². The zero-order valence-corrected chi connectivity index (χ0v) is 8.23. The van der Waals surface area contributed by atoms with Crippen LogP contribution < -0.4 is 0 Å². The quantitative estimate of drug-likeness (QED) is 0.486. The van der Waals surface area contributed by atoms with Gasteiger partial charge in [-0.15, -0.1) is 20.7 Å². The fourth-order valence-corrected chi connectivity index (χ4v) is 3.97. The van der Waals surface area contributed by atoms with E-state index in [0.717, 1.165) is 3.92 Å². The van der Waals surface area contributed by atoms with Gasteiger partial charge in [0.2, 0.25) is 0 Å². The van der Waals surface area contributed by atoms with Gasteiger partial charge >= 0.3 is 0 Å². The van der Waals surface area contributed by atoms with Crippen LogP contribution in [0.4, 0.5) is 0 Å². The van der Waals surface area contributed by atoms with Crippen LogP contribution in [-0.4, -0.2) is 7.94 Å². The number of hydrogen-bond donors (Lipinski definition) is 0. The molecule has 0 nitrogen and oxygen atoms in total. The van der Waals surface area contributed by atoms with Crippen LogP contribution in [0.5, 0.6) is 0 Å². The third-order valence-corrected chi connectivity index (χ3v) is 4.82. The molecule has 0 aromatic carbocycles. The highest BCUT2D eigenvalue weighted by atomic mass is 127. The van der Waals surface area contributed by atoms with E-state index in [0.29, 0.717) is 20.7 Å². The largest absolute Gasteiger partial charge is 0.124 e. The van der Waals surface area contributed by atoms with E-state index in [1.807, 2.05) is 0 Å². The van der Waals surface area contributed by atoms with Gasteiger partial charge in [-0.3, -0.25) is 0 Å². The van der Waals surface area contributed by atoms with Crippen molar-refractivity contribution in [2.45, 2.75) is 43.0 Å². The molecule has 1 aliphatic rings. The summed E-state index contributed by atoms with van der Waals surface area (Å²) in [5.74, 6) is 0. The molecule has 1 rings (SSSR count). The molecule has 0 bridgehead atoms. The summed E-state index contributed by atoms with van der Waals surface area (Å²) in [5.41, 5.74) is 0. The monoisotopic (exact) mass is 238 g/mol. The Morgan fingerprint density at radius 1 is 1.22 bits per heavy atom. The first-order valence-corrected chi connectivity index (χ1v) is 6.32. The van der Waals surface area contributed by atoms with Crippen LogP contribution in [0.2, 0.25) is 0 Å². The molecule has 1 fully saturated rings. The Kier molecular flexibility index (Phi) is 3.78. The van der Waals surface area contributed by atoms with Gasteiger partial charge in [-0.1, -0.05) is 23.3 Å². The summed E-state index contributed by atoms with van der Waals surface area (Å²) in [7, 11) is 0. The van der Waals surface area contributed by atoms with E-state index >= 15 is 0 Å². The Morgan fingerprint density at radius 2 is 1.89 bits per heavy atom. The maximum Gasteiger partial charge on any atom is 0.00592 e. The molecule has 0 amide bonds. The van der Waals surface area contributed by atoms with E-state index in [1.165, 1.54) is 32.1 Å². The number of hydrogen-bond acceptors (Lipinski definition) is 0. The van der Waals surface area contributed by atoms with E-state index in [2.05, 4.69) is 10.9 Å².